The maximum absolute atomic E-state index is 12.2. The molecule has 0 fully saturated rings. The van der Waals surface area contributed by atoms with Gasteiger partial charge in [-0.1, -0.05) is 41.0 Å². The Kier molecular flexibility index (Phi) is 7.05. The standard InChI is InChI=1S/C20H20Cl2N4O2S/c1-12-6-13(2)8-15(7-12)28-10-18-24-25-20(26(18)3)29-11-19(27)23-17-9-14(21)4-5-16(17)22/h4-9H,10-11H2,1-3H3,(H,23,27). The van der Waals surface area contributed by atoms with Gasteiger partial charge in [0.2, 0.25) is 5.91 Å². The van der Waals surface area contributed by atoms with E-state index < -0.39 is 0 Å². The van der Waals surface area contributed by atoms with Gasteiger partial charge in [-0.05, 0) is 55.3 Å². The average molecular weight is 451 g/mol. The molecule has 3 rings (SSSR count). The zero-order valence-electron chi connectivity index (χ0n) is 16.2. The fourth-order valence-electron chi connectivity index (χ4n) is 2.67. The molecule has 0 radical (unpaired) electrons. The fourth-order valence-corrected chi connectivity index (χ4v) is 3.74. The highest BCUT2D eigenvalue weighted by molar-refractivity contribution is 7.99. The Morgan fingerprint density at radius 3 is 2.59 bits per heavy atom. The summed E-state index contributed by atoms with van der Waals surface area (Å²) in [6.45, 7) is 4.34. The largest absolute Gasteiger partial charge is 0.486 e. The van der Waals surface area contributed by atoms with Crippen molar-refractivity contribution in [2.45, 2.75) is 25.6 Å². The Hall–Kier alpha value is -2.22. The second-order valence-corrected chi connectivity index (χ2v) is 8.32. The number of ether oxygens (including phenoxy) is 1. The number of aromatic nitrogens is 3. The number of thioether (sulfide) groups is 1. The Balaban J connectivity index is 1.56. The van der Waals surface area contributed by atoms with Crippen LogP contribution in [0.5, 0.6) is 5.75 Å². The van der Waals surface area contributed by atoms with Crippen LogP contribution in [-0.2, 0) is 18.4 Å². The van der Waals surface area contributed by atoms with Gasteiger partial charge >= 0.3 is 0 Å². The van der Waals surface area contributed by atoms with Crippen LogP contribution >= 0.6 is 35.0 Å². The van der Waals surface area contributed by atoms with E-state index in [0.717, 1.165) is 16.9 Å². The van der Waals surface area contributed by atoms with Crippen molar-refractivity contribution >= 4 is 46.6 Å². The SMILES string of the molecule is Cc1cc(C)cc(OCc2nnc(SCC(=O)Nc3cc(Cl)ccc3Cl)n2C)c1. The van der Waals surface area contributed by atoms with Gasteiger partial charge in [0.15, 0.2) is 11.0 Å². The van der Waals surface area contributed by atoms with Gasteiger partial charge in [-0.25, -0.2) is 0 Å². The molecule has 1 amide bonds. The quantitative estimate of drug-likeness (QED) is 0.510. The zero-order chi connectivity index (χ0) is 21.0. The predicted molar refractivity (Wildman–Crippen MR) is 117 cm³/mol. The van der Waals surface area contributed by atoms with Crippen molar-refractivity contribution in [1.82, 2.24) is 14.8 Å². The van der Waals surface area contributed by atoms with Crippen molar-refractivity contribution in [3.63, 3.8) is 0 Å². The van der Waals surface area contributed by atoms with E-state index >= 15 is 0 Å². The average Bonchev–Trinajstić information content (AvgIpc) is 3.00. The number of aryl methyl sites for hydroxylation is 2. The van der Waals surface area contributed by atoms with Crippen LogP contribution in [0.15, 0.2) is 41.6 Å². The number of carbonyl (C=O) groups excluding carboxylic acids is 1. The van der Waals surface area contributed by atoms with Crippen LogP contribution < -0.4 is 10.1 Å². The third-order valence-corrected chi connectivity index (χ3v) is 5.61. The number of nitrogens with one attached hydrogen (secondary N) is 1. The van der Waals surface area contributed by atoms with Crippen molar-refractivity contribution in [2.24, 2.45) is 7.05 Å². The van der Waals surface area contributed by atoms with E-state index in [1.54, 1.807) is 18.2 Å². The zero-order valence-corrected chi connectivity index (χ0v) is 18.5. The van der Waals surface area contributed by atoms with Crippen molar-refractivity contribution in [2.75, 3.05) is 11.1 Å². The highest BCUT2D eigenvalue weighted by Gasteiger charge is 2.13. The summed E-state index contributed by atoms with van der Waals surface area (Å²) in [6.07, 6.45) is 0. The van der Waals surface area contributed by atoms with Crippen molar-refractivity contribution in [1.29, 1.82) is 0 Å². The smallest absolute Gasteiger partial charge is 0.234 e. The molecule has 1 N–H and O–H groups in total. The Bertz CT molecular complexity index is 1020. The highest BCUT2D eigenvalue weighted by atomic mass is 35.5. The van der Waals surface area contributed by atoms with Crippen molar-refractivity contribution in [3.8, 4) is 5.75 Å². The summed E-state index contributed by atoms with van der Waals surface area (Å²) in [5, 5.41) is 12.6. The number of anilines is 1. The van der Waals surface area contributed by atoms with E-state index in [-0.39, 0.29) is 18.3 Å². The molecule has 0 saturated heterocycles. The molecule has 0 aliphatic rings. The minimum absolute atomic E-state index is 0.159. The normalized spacial score (nSPS) is 10.8. The number of hydrogen-bond donors (Lipinski definition) is 1. The van der Waals surface area contributed by atoms with Crippen LogP contribution in [0.1, 0.15) is 17.0 Å². The fraction of sp³-hybridized carbons (Fsp3) is 0.250. The summed E-state index contributed by atoms with van der Waals surface area (Å²) in [7, 11) is 1.84. The second kappa shape index (κ2) is 9.52. The molecule has 0 aliphatic carbocycles. The first-order valence-electron chi connectivity index (χ1n) is 8.79. The van der Waals surface area contributed by atoms with Crippen LogP contribution in [0.25, 0.3) is 0 Å². The third-order valence-electron chi connectivity index (χ3n) is 4.02. The van der Waals surface area contributed by atoms with Crippen molar-refractivity contribution < 1.29 is 9.53 Å². The summed E-state index contributed by atoms with van der Waals surface area (Å²) in [4.78, 5) is 12.2. The molecular weight excluding hydrogens is 431 g/mol. The molecule has 1 heterocycles. The predicted octanol–water partition coefficient (Wildman–Crippen LogP) is 5.05. The summed E-state index contributed by atoms with van der Waals surface area (Å²) < 4.78 is 7.65. The summed E-state index contributed by atoms with van der Waals surface area (Å²) >= 11 is 13.3. The van der Waals surface area contributed by atoms with E-state index in [1.807, 2.05) is 37.6 Å². The molecule has 3 aromatic rings. The number of rotatable bonds is 7. The van der Waals surface area contributed by atoms with Crippen molar-refractivity contribution in [3.05, 3.63) is 63.4 Å². The molecule has 0 aliphatic heterocycles. The molecule has 9 heteroatoms. The van der Waals surface area contributed by atoms with Gasteiger partial charge in [0, 0.05) is 12.1 Å². The summed E-state index contributed by atoms with van der Waals surface area (Å²) in [6, 6.07) is 10.9. The topological polar surface area (TPSA) is 69.0 Å². The van der Waals surface area contributed by atoms with E-state index in [2.05, 4.69) is 21.6 Å². The monoisotopic (exact) mass is 450 g/mol. The molecule has 0 saturated carbocycles. The number of halogens is 2. The number of nitrogens with zero attached hydrogens (tertiary/aromatic N) is 3. The molecule has 6 nitrogen and oxygen atoms in total. The molecule has 0 spiro atoms. The molecule has 0 bridgehead atoms. The summed E-state index contributed by atoms with van der Waals surface area (Å²) in [5.41, 5.74) is 2.75. The third kappa shape index (κ3) is 5.88. The molecule has 1 aromatic heterocycles. The minimum Gasteiger partial charge on any atom is -0.486 e. The van der Waals surface area contributed by atoms with Gasteiger partial charge in [-0.2, -0.15) is 0 Å². The first-order valence-corrected chi connectivity index (χ1v) is 10.5. The van der Waals surface area contributed by atoms with Gasteiger partial charge in [-0.3, -0.25) is 4.79 Å². The van der Waals surface area contributed by atoms with Crippen LogP contribution in [0.3, 0.4) is 0 Å². The molecule has 0 unspecified atom stereocenters. The van der Waals surface area contributed by atoms with E-state index in [9.17, 15) is 4.79 Å². The van der Waals surface area contributed by atoms with Gasteiger partial charge in [-0.15, -0.1) is 10.2 Å². The Morgan fingerprint density at radius 1 is 1.14 bits per heavy atom. The van der Waals surface area contributed by atoms with Crippen LogP contribution in [0.4, 0.5) is 5.69 Å². The molecule has 152 valence electrons. The molecular formula is C20H20Cl2N4O2S. The Labute approximate surface area is 183 Å². The van der Waals surface area contributed by atoms with Gasteiger partial charge in [0.25, 0.3) is 0 Å². The van der Waals surface area contributed by atoms with Crippen LogP contribution in [0.2, 0.25) is 10.0 Å². The minimum atomic E-state index is -0.213. The number of benzene rings is 2. The Morgan fingerprint density at radius 2 is 1.86 bits per heavy atom. The lowest BCUT2D eigenvalue weighted by atomic mass is 10.1. The van der Waals surface area contributed by atoms with Gasteiger partial charge in [0.05, 0.1) is 16.5 Å². The maximum atomic E-state index is 12.2. The molecule has 2 aromatic carbocycles. The van der Waals surface area contributed by atoms with E-state index in [4.69, 9.17) is 27.9 Å². The lowest BCUT2D eigenvalue weighted by molar-refractivity contribution is -0.113. The number of amides is 1. The molecule has 29 heavy (non-hydrogen) atoms. The van der Waals surface area contributed by atoms with Crippen LogP contribution in [0, 0.1) is 13.8 Å². The first kappa shape index (κ1) is 21.5. The lowest BCUT2D eigenvalue weighted by Gasteiger charge is -2.09. The first-order chi connectivity index (χ1) is 13.8. The van der Waals surface area contributed by atoms with E-state index in [0.29, 0.717) is 26.7 Å². The van der Waals surface area contributed by atoms with Gasteiger partial charge in [0.1, 0.15) is 12.4 Å². The van der Waals surface area contributed by atoms with Gasteiger partial charge < -0.3 is 14.6 Å². The summed E-state index contributed by atoms with van der Waals surface area (Å²) in [5.74, 6) is 1.41. The lowest BCUT2D eigenvalue weighted by Crippen LogP contribution is -2.15. The number of hydrogen-bond acceptors (Lipinski definition) is 5. The van der Waals surface area contributed by atoms with Crippen LogP contribution in [-0.4, -0.2) is 26.4 Å². The second-order valence-electron chi connectivity index (χ2n) is 6.53. The highest BCUT2D eigenvalue weighted by Crippen LogP contribution is 2.26. The van der Waals surface area contributed by atoms with E-state index in [1.165, 1.54) is 11.8 Å². The number of carbonyl (C=O) groups is 1. The maximum Gasteiger partial charge on any atom is 0.234 e. The molecule has 0 atom stereocenters.